The fourth-order valence-corrected chi connectivity index (χ4v) is 3.61. The Morgan fingerprint density at radius 2 is 2.29 bits per heavy atom. The van der Waals surface area contributed by atoms with Gasteiger partial charge >= 0.3 is 0 Å². The second-order valence-electron chi connectivity index (χ2n) is 3.33. The minimum absolute atomic E-state index is 0.0160. The van der Waals surface area contributed by atoms with Gasteiger partial charge in [0, 0.05) is 16.3 Å². The maximum absolute atomic E-state index is 11.9. The molecule has 0 spiro atoms. The number of rotatable bonds is 3. The van der Waals surface area contributed by atoms with Crippen LogP contribution in [0, 0.1) is 0 Å². The first-order valence-corrected chi connectivity index (χ1v) is 7.68. The molecule has 0 unspecified atom stereocenters. The SMILES string of the molecule is O=C(CSC1=NCCS1)c1cc(Cl)ccc1Cl. The summed E-state index contributed by atoms with van der Waals surface area (Å²) in [4.78, 5) is 16.2. The Morgan fingerprint density at radius 3 is 3.00 bits per heavy atom. The molecule has 0 aromatic heterocycles. The predicted molar refractivity (Wildman–Crippen MR) is 78.0 cm³/mol. The molecule has 90 valence electrons. The standard InChI is InChI=1S/C11H9Cl2NOS2/c12-7-1-2-9(13)8(5-7)10(15)6-17-11-14-3-4-16-11/h1-2,5H,3-4,6H2. The molecule has 0 atom stereocenters. The van der Waals surface area contributed by atoms with Gasteiger partial charge in [-0.15, -0.1) is 0 Å². The molecular formula is C11H9Cl2NOS2. The van der Waals surface area contributed by atoms with E-state index in [1.54, 1.807) is 30.0 Å². The lowest BCUT2D eigenvalue weighted by molar-refractivity contribution is 0.102. The average Bonchev–Trinajstić information content (AvgIpc) is 2.82. The molecule has 17 heavy (non-hydrogen) atoms. The molecule has 0 radical (unpaired) electrons. The van der Waals surface area contributed by atoms with Crippen molar-refractivity contribution >= 4 is 56.9 Å². The summed E-state index contributed by atoms with van der Waals surface area (Å²) in [7, 11) is 0. The third kappa shape index (κ3) is 3.65. The number of ketones is 1. The normalized spacial score (nSPS) is 14.8. The fourth-order valence-electron chi connectivity index (χ4n) is 1.32. The van der Waals surface area contributed by atoms with Crippen LogP contribution in [0.4, 0.5) is 0 Å². The number of hydrogen-bond donors (Lipinski definition) is 0. The Hall–Kier alpha value is -0.160. The minimum Gasteiger partial charge on any atom is -0.293 e. The van der Waals surface area contributed by atoms with Crippen molar-refractivity contribution in [2.45, 2.75) is 0 Å². The molecule has 0 aliphatic carbocycles. The van der Waals surface area contributed by atoms with Crippen molar-refractivity contribution in [3.63, 3.8) is 0 Å². The largest absolute Gasteiger partial charge is 0.293 e. The van der Waals surface area contributed by atoms with Gasteiger partial charge in [0.25, 0.3) is 0 Å². The number of carbonyl (C=O) groups excluding carboxylic acids is 1. The second-order valence-corrected chi connectivity index (χ2v) is 6.48. The lowest BCUT2D eigenvalue weighted by atomic mass is 10.1. The van der Waals surface area contributed by atoms with Crippen LogP contribution in [0.2, 0.25) is 10.0 Å². The van der Waals surface area contributed by atoms with Gasteiger partial charge in [0.05, 0.1) is 17.3 Å². The molecule has 6 heteroatoms. The van der Waals surface area contributed by atoms with Crippen LogP contribution in [0.15, 0.2) is 23.2 Å². The Bertz CT molecular complexity index is 477. The summed E-state index contributed by atoms with van der Waals surface area (Å²) in [6.07, 6.45) is 0. The molecular weight excluding hydrogens is 297 g/mol. The van der Waals surface area contributed by atoms with E-state index in [1.807, 2.05) is 0 Å². The number of carbonyl (C=O) groups is 1. The van der Waals surface area contributed by atoms with Crippen molar-refractivity contribution in [1.29, 1.82) is 0 Å². The third-order valence-electron chi connectivity index (χ3n) is 2.11. The highest BCUT2D eigenvalue weighted by atomic mass is 35.5. The number of nitrogens with zero attached hydrogens (tertiary/aromatic N) is 1. The van der Waals surface area contributed by atoms with E-state index < -0.39 is 0 Å². The van der Waals surface area contributed by atoms with Crippen molar-refractivity contribution in [1.82, 2.24) is 0 Å². The lowest BCUT2D eigenvalue weighted by Gasteiger charge is -2.03. The highest BCUT2D eigenvalue weighted by molar-refractivity contribution is 8.39. The molecule has 1 aromatic carbocycles. The third-order valence-corrected chi connectivity index (χ3v) is 4.93. The van der Waals surface area contributed by atoms with Gasteiger partial charge in [0.15, 0.2) is 5.78 Å². The van der Waals surface area contributed by atoms with E-state index in [9.17, 15) is 4.79 Å². The summed E-state index contributed by atoms with van der Waals surface area (Å²) in [6.45, 7) is 0.846. The summed E-state index contributed by atoms with van der Waals surface area (Å²) < 4.78 is 0.983. The molecule has 0 N–H and O–H groups in total. The van der Waals surface area contributed by atoms with Crippen LogP contribution in [0.25, 0.3) is 0 Å². The van der Waals surface area contributed by atoms with Crippen LogP contribution in [0.3, 0.4) is 0 Å². The van der Waals surface area contributed by atoms with Crippen LogP contribution in [-0.4, -0.2) is 28.2 Å². The fraction of sp³-hybridized carbons (Fsp3) is 0.273. The van der Waals surface area contributed by atoms with Crippen molar-refractivity contribution in [3.8, 4) is 0 Å². The smallest absolute Gasteiger partial charge is 0.174 e. The molecule has 1 aliphatic heterocycles. The van der Waals surface area contributed by atoms with E-state index in [2.05, 4.69) is 4.99 Å². The molecule has 0 saturated carbocycles. The highest BCUT2D eigenvalue weighted by Gasteiger charge is 2.14. The zero-order valence-electron chi connectivity index (χ0n) is 8.78. The summed E-state index contributed by atoms with van der Waals surface area (Å²) in [5.74, 6) is 1.35. The van der Waals surface area contributed by atoms with Crippen LogP contribution >= 0.6 is 46.7 Å². The van der Waals surface area contributed by atoms with Crippen molar-refractivity contribution in [2.75, 3.05) is 18.1 Å². The first-order chi connectivity index (χ1) is 8.16. The summed E-state index contributed by atoms with van der Waals surface area (Å²) >= 11 is 15.0. The van der Waals surface area contributed by atoms with Crippen LogP contribution in [0.5, 0.6) is 0 Å². The van der Waals surface area contributed by atoms with E-state index in [4.69, 9.17) is 23.2 Å². The predicted octanol–water partition coefficient (Wildman–Crippen LogP) is 4.01. The molecule has 2 rings (SSSR count). The second kappa shape index (κ2) is 6.14. The minimum atomic E-state index is -0.0160. The first-order valence-electron chi connectivity index (χ1n) is 4.95. The molecule has 0 bridgehead atoms. The molecule has 1 aromatic rings. The monoisotopic (exact) mass is 305 g/mol. The Balaban J connectivity index is 2.01. The number of hydrogen-bond acceptors (Lipinski definition) is 4. The Morgan fingerprint density at radius 1 is 1.47 bits per heavy atom. The lowest BCUT2D eigenvalue weighted by Crippen LogP contribution is -2.04. The Labute approximate surface area is 118 Å². The number of thioether (sulfide) groups is 2. The molecule has 0 fully saturated rings. The quantitative estimate of drug-likeness (QED) is 0.790. The van der Waals surface area contributed by atoms with Crippen molar-refractivity contribution in [2.24, 2.45) is 4.99 Å². The average molecular weight is 306 g/mol. The maximum atomic E-state index is 11.9. The van der Waals surface area contributed by atoms with Gasteiger partial charge in [-0.25, -0.2) is 0 Å². The van der Waals surface area contributed by atoms with Gasteiger partial charge < -0.3 is 0 Å². The van der Waals surface area contributed by atoms with E-state index >= 15 is 0 Å². The molecule has 1 heterocycles. The van der Waals surface area contributed by atoms with Crippen LogP contribution < -0.4 is 0 Å². The van der Waals surface area contributed by atoms with Crippen molar-refractivity contribution < 1.29 is 4.79 Å². The number of Topliss-reactive ketones (excluding diaryl/α,β-unsaturated/α-hetero) is 1. The summed E-state index contributed by atoms with van der Waals surface area (Å²) in [5.41, 5.74) is 0.482. The topological polar surface area (TPSA) is 29.4 Å². The number of aliphatic imine (C=N–C) groups is 1. The van der Waals surface area contributed by atoms with Crippen LogP contribution in [0.1, 0.15) is 10.4 Å². The van der Waals surface area contributed by atoms with Gasteiger partial charge in [-0.3, -0.25) is 9.79 Å². The van der Waals surface area contributed by atoms with Gasteiger partial charge in [0.1, 0.15) is 4.38 Å². The molecule has 2 nitrogen and oxygen atoms in total. The van der Waals surface area contributed by atoms with Gasteiger partial charge in [0.2, 0.25) is 0 Å². The highest BCUT2D eigenvalue weighted by Crippen LogP contribution is 2.25. The number of halogens is 2. The zero-order valence-corrected chi connectivity index (χ0v) is 11.9. The maximum Gasteiger partial charge on any atom is 0.174 e. The summed E-state index contributed by atoms with van der Waals surface area (Å²) in [6, 6.07) is 4.92. The zero-order chi connectivity index (χ0) is 12.3. The first kappa shape index (κ1) is 13.3. The van der Waals surface area contributed by atoms with Crippen LogP contribution in [-0.2, 0) is 0 Å². The van der Waals surface area contributed by atoms with E-state index in [1.165, 1.54) is 11.8 Å². The Kier molecular flexibility index (Phi) is 4.79. The van der Waals surface area contributed by atoms with E-state index in [0.29, 0.717) is 21.4 Å². The molecule has 1 aliphatic rings. The summed E-state index contributed by atoms with van der Waals surface area (Å²) in [5, 5.41) is 0.969. The van der Waals surface area contributed by atoms with E-state index in [0.717, 1.165) is 16.7 Å². The van der Waals surface area contributed by atoms with Crippen molar-refractivity contribution in [3.05, 3.63) is 33.8 Å². The van der Waals surface area contributed by atoms with E-state index in [-0.39, 0.29) is 5.78 Å². The van der Waals surface area contributed by atoms with Gasteiger partial charge in [-0.05, 0) is 18.2 Å². The molecule has 0 saturated heterocycles. The van der Waals surface area contributed by atoms with Gasteiger partial charge in [-0.2, -0.15) is 0 Å². The van der Waals surface area contributed by atoms with Gasteiger partial charge in [-0.1, -0.05) is 46.7 Å². The molecule has 0 amide bonds. The number of benzene rings is 1.